The van der Waals surface area contributed by atoms with Crippen LogP contribution < -0.4 is 20.1 Å². The Kier molecular flexibility index (Phi) is 10.1. The molecule has 1 aliphatic rings. The summed E-state index contributed by atoms with van der Waals surface area (Å²) in [6.07, 6.45) is 5.81. The van der Waals surface area contributed by atoms with Crippen LogP contribution in [0.1, 0.15) is 52.0 Å². The number of rotatable bonds is 13. The Morgan fingerprint density at radius 3 is 2.45 bits per heavy atom. The smallest absolute Gasteiger partial charge is 0.191 e. The topological polar surface area (TPSA) is 64.1 Å². The Hall–Kier alpha value is -1.95. The zero-order chi connectivity index (χ0) is 21.0. The number of nitrogens with zero attached hydrogens (tertiary/aromatic N) is 1. The van der Waals surface area contributed by atoms with E-state index < -0.39 is 0 Å². The summed E-state index contributed by atoms with van der Waals surface area (Å²) in [5, 5.41) is 6.84. The predicted octanol–water partition coefficient (Wildman–Crippen LogP) is 3.79. The summed E-state index contributed by atoms with van der Waals surface area (Å²) in [6.45, 7) is 10.7. The quantitative estimate of drug-likeness (QED) is 0.386. The number of hydrogen-bond acceptors (Lipinski definition) is 4. The van der Waals surface area contributed by atoms with Crippen molar-refractivity contribution >= 4 is 5.96 Å². The van der Waals surface area contributed by atoms with Crippen molar-refractivity contribution in [3.05, 3.63) is 23.8 Å². The highest BCUT2D eigenvalue weighted by Crippen LogP contribution is 2.44. The van der Waals surface area contributed by atoms with Crippen LogP contribution in [-0.2, 0) is 11.2 Å². The molecule has 2 N–H and O–H groups in total. The van der Waals surface area contributed by atoms with Gasteiger partial charge in [-0.25, -0.2) is 0 Å². The third kappa shape index (κ3) is 7.42. The van der Waals surface area contributed by atoms with Gasteiger partial charge >= 0.3 is 0 Å². The summed E-state index contributed by atoms with van der Waals surface area (Å²) in [5.74, 6) is 2.52. The van der Waals surface area contributed by atoms with Crippen LogP contribution in [0.4, 0.5) is 0 Å². The second kappa shape index (κ2) is 12.6. The predicted molar refractivity (Wildman–Crippen MR) is 119 cm³/mol. The molecule has 0 amide bonds. The molecule has 0 aromatic heterocycles. The van der Waals surface area contributed by atoms with Gasteiger partial charge in [-0.2, -0.15) is 0 Å². The summed E-state index contributed by atoms with van der Waals surface area (Å²) < 4.78 is 16.7. The minimum atomic E-state index is 0.333. The monoisotopic (exact) mass is 405 g/mol. The zero-order valence-electron chi connectivity index (χ0n) is 18.7. The number of guanidine groups is 1. The molecule has 0 radical (unpaired) electrons. The molecule has 1 aromatic rings. The molecule has 6 heteroatoms. The van der Waals surface area contributed by atoms with Gasteiger partial charge in [-0.3, -0.25) is 4.99 Å². The van der Waals surface area contributed by atoms with E-state index in [1.807, 2.05) is 19.9 Å². The number of hydrogen-bond donors (Lipinski definition) is 2. The fourth-order valence-electron chi connectivity index (χ4n) is 3.65. The van der Waals surface area contributed by atoms with Crippen molar-refractivity contribution in [2.24, 2.45) is 10.4 Å². The van der Waals surface area contributed by atoms with Crippen LogP contribution in [0.3, 0.4) is 0 Å². The van der Waals surface area contributed by atoms with E-state index in [4.69, 9.17) is 19.2 Å². The van der Waals surface area contributed by atoms with Crippen molar-refractivity contribution in [3.8, 4) is 11.5 Å². The van der Waals surface area contributed by atoms with Gasteiger partial charge < -0.3 is 24.8 Å². The highest BCUT2D eigenvalue weighted by atomic mass is 16.5. The maximum atomic E-state index is 5.73. The molecule has 1 saturated carbocycles. The van der Waals surface area contributed by atoms with E-state index in [0.29, 0.717) is 18.6 Å². The molecule has 29 heavy (non-hydrogen) atoms. The van der Waals surface area contributed by atoms with E-state index in [1.54, 1.807) is 7.11 Å². The molecule has 164 valence electrons. The van der Waals surface area contributed by atoms with Gasteiger partial charge in [0.05, 0.1) is 13.2 Å². The number of aliphatic imine (C=N–C) groups is 1. The molecule has 0 spiro atoms. The lowest BCUT2D eigenvalue weighted by Crippen LogP contribution is -2.41. The van der Waals surface area contributed by atoms with Gasteiger partial charge in [0.25, 0.3) is 0 Å². The summed E-state index contributed by atoms with van der Waals surface area (Å²) in [4.78, 5) is 4.87. The molecular weight excluding hydrogens is 366 g/mol. The second-order valence-corrected chi connectivity index (χ2v) is 7.62. The van der Waals surface area contributed by atoms with Gasteiger partial charge in [-0.1, -0.05) is 12.5 Å². The van der Waals surface area contributed by atoms with Crippen molar-refractivity contribution in [3.63, 3.8) is 0 Å². The third-order valence-electron chi connectivity index (χ3n) is 5.48. The van der Waals surface area contributed by atoms with E-state index in [2.05, 4.69) is 29.7 Å². The third-order valence-corrected chi connectivity index (χ3v) is 5.48. The van der Waals surface area contributed by atoms with Crippen LogP contribution in [0.2, 0.25) is 0 Å². The molecule has 1 fully saturated rings. The molecule has 0 bridgehead atoms. The Bertz CT molecular complexity index is 630. The van der Waals surface area contributed by atoms with Gasteiger partial charge in [0.15, 0.2) is 17.5 Å². The van der Waals surface area contributed by atoms with Gasteiger partial charge in [-0.05, 0) is 69.6 Å². The first kappa shape index (κ1) is 23.3. The Balaban J connectivity index is 1.90. The molecule has 0 saturated heterocycles. The van der Waals surface area contributed by atoms with Crippen molar-refractivity contribution in [1.82, 2.24) is 10.6 Å². The molecule has 1 aromatic carbocycles. The van der Waals surface area contributed by atoms with Gasteiger partial charge in [-0.15, -0.1) is 0 Å². The van der Waals surface area contributed by atoms with Crippen LogP contribution >= 0.6 is 0 Å². The van der Waals surface area contributed by atoms with E-state index in [9.17, 15) is 0 Å². The van der Waals surface area contributed by atoms with Crippen molar-refractivity contribution < 1.29 is 14.2 Å². The summed E-state index contributed by atoms with van der Waals surface area (Å²) in [7, 11) is 1.78. The zero-order valence-corrected chi connectivity index (χ0v) is 18.7. The van der Waals surface area contributed by atoms with Gasteiger partial charge in [0.1, 0.15) is 0 Å². The lowest BCUT2D eigenvalue weighted by atomic mass is 9.67. The SMILES string of the molecule is CCNC(=NCC1(CCOC)CCC1)NCCc1ccc(OCC)c(OCC)c1. The maximum Gasteiger partial charge on any atom is 0.191 e. The fourth-order valence-corrected chi connectivity index (χ4v) is 3.65. The van der Waals surface area contributed by atoms with E-state index in [-0.39, 0.29) is 0 Å². The van der Waals surface area contributed by atoms with Crippen LogP contribution in [-0.4, -0.2) is 52.5 Å². The summed E-state index contributed by atoms with van der Waals surface area (Å²) in [6, 6.07) is 6.18. The van der Waals surface area contributed by atoms with Crippen molar-refractivity contribution in [1.29, 1.82) is 0 Å². The molecular formula is C23H39N3O3. The average molecular weight is 406 g/mol. The first-order chi connectivity index (χ1) is 14.2. The molecule has 0 aliphatic heterocycles. The average Bonchev–Trinajstić information content (AvgIpc) is 2.69. The molecule has 0 unspecified atom stereocenters. The highest BCUT2D eigenvalue weighted by molar-refractivity contribution is 5.79. The van der Waals surface area contributed by atoms with E-state index >= 15 is 0 Å². The number of nitrogens with one attached hydrogen (secondary N) is 2. The van der Waals surface area contributed by atoms with Crippen LogP contribution in [0.5, 0.6) is 11.5 Å². The molecule has 0 heterocycles. The van der Waals surface area contributed by atoms with Crippen LogP contribution in [0.15, 0.2) is 23.2 Å². The molecule has 1 aliphatic carbocycles. The Labute approximate surface area is 176 Å². The fraction of sp³-hybridized carbons (Fsp3) is 0.696. The second-order valence-electron chi connectivity index (χ2n) is 7.62. The number of ether oxygens (including phenoxy) is 3. The Morgan fingerprint density at radius 2 is 1.83 bits per heavy atom. The summed E-state index contributed by atoms with van der Waals surface area (Å²) in [5.41, 5.74) is 1.55. The van der Waals surface area contributed by atoms with E-state index in [1.165, 1.54) is 24.8 Å². The maximum absolute atomic E-state index is 5.73. The highest BCUT2D eigenvalue weighted by Gasteiger charge is 2.36. The number of benzene rings is 1. The largest absolute Gasteiger partial charge is 0.490 e. The minimum Gasteiger partial charge on any atom is -0.490 e. The van der Waals surface area contributed by atoms with Crippen molar-refractivity contribution in [2.45, 2.75) is 52.9 Å². The van der Waals surface area contributed by atoms with Crippen LogP contribution in [0.25, 0.3) is 0 Å². The molecule has 6 nitrogen and oxygen atoms in total. The molecule has 2 rings (SSSR count). The number of methoxy groups -OCH3 is 1. The molecule has 0 atom stereocenters. The standard InChI is InChI=1S/C23H39N3O3/c1-5-24-22(26-18-23(12-8-13-23)14-16-27-4)25-15-11-19-9-10-20(28-6-2)21(17-19)29-7-3/h9-10,17H,5-8,11-16,18H2,1-4H3,(H2,24,25,26). The van der Waals surface area contributed by atoms with Gasteiger partial charge in [0, 0.05) is 33.4 Å². The normalized spacial score (nSPS) is 15.5. The summed E-state index contributed by atoms with van der Waals surface area (Å²) >= 11 is 0. The lowest BCUT2D eigenvalue weighted by Gasteiger charge is -2.40. The van der Waals surface area contributed by atoms with Crippen LogP contribution in [0, 0.1) is 5.41 Å². The lowest BCUT2D eigenvalue weighted by molar-refractivity contribution is 0.0778. The first-order valence-electron chi connectivity index (χ1n) is 11.1. The van der Waals surface area contributed by atoms with Crippen molar-refractivity contribution in [2.75, 3.05) is 46.6 Å². The van der Waals surface area contributed by atoms with Gasteiger partial charge in [0.2, 0.25) is 0 Å². The Morgan fingerprint density at radius 1 is 1.07 bits per heavy atom. The first-order valence-corrected chi connectivity index (χ1v) is 11.1. The van der Waals surface area contributed by atoms with E-state index in [0.717, 1.165) is 56.5 Å². The minimum absolute atomic E-state index is 0.333.